The lowest BCUT2D eigenvalue weighted by atomic mass is 10.1. The summed E-state index contributed by atoms with van der Waals surface area (Å²) in [5.41, 5.74) is 3.56. The third-order valence-electron chi connectivity index (χ3n) is 3.61. The van der Waals surface area contributed by atoms with Crippen molar-refractivity contribution in [2.75, 3.05) is 39.3 Å². The van der Waals surface area contributed by atoms with Crippen molar-refractivity contribution in [3.05, 3.63) is 29.1 Å². The molecule has 2 heterocycles. The summed E-state index contributed by atoms with van der Waals surface area (Å²) >= 11 is 0. The summed E-state index contributed by atoms with van der Waals surface area (Å²) in [5.74, 6) is 0. The summed E-state index contributed by atoms with van der Waals surface area (Å²) in [6.07, 6.45) is 0. The number of aromatic nitrogens is 1. The van der Waals surface area contributed by atoms with Gasteiger partial charge in [-0.2, -0.15) is 0 Å². The standard InChI is InChI=1S/C14H23N3O/c1-12-3-4-14(13(2)15-12)11-17-7-5-16(6-8-17)9-10-18/h3-4,18H,5-11H2,1-2H3. The van der Waals surface area contributed by atoms with Crippen molar-refractivity contribution in [2.24, 2.45) is 0 Å². The predicted octanol–water partition coefficient (Wildman–Crippen LogP) is 0.808. The molecule has 0 radical (unpaired) electrons. The molecule has 0 atom stereocenters. The Balaban J connectivity index is 1.87. The molecule has 1 saturated heterocycles. The summed E-state index contributed by atoms with van der Waals surface area (Å²) in [6, 6.07) is 4.28. The average molecular weight is 249 g/mol. The summed E-state index contributed by atoms with van der Waals surface area (Å²) < 4.78 is 0. The molecule has 1 fully saturated rings. The van der Waals surface area contributed by atoms with E-state index in [2.05, 4.69) is 33.8 Å². The highest BCUT2D eigenvalue weighted by Crippen LogP contribution is 2.11. The van der Waals surface area contributed by atoms with Gasteiger partial charge in [-0.3, -0.25) is 14.8 Å². The molecule has 4 heteroatoms. The largest absolute Gasteiger partial charge is 0.395 e. The molecule has 100 valence electrons. The van der Waals surface area contributed by atoms with Crippen molar-refractivity contribution in [3.63, 3.8) is 0 Å². The zero-order valence-electron chi connectivity index (χ0n) is 11.4. The third kappa shape index (κ3) is 3.51. The minimum absolute atomic E-state index is 0.265. The van der Waals surface area contributed by atoms with Crippen molar-refractivity contribution in [1.82, 2.24) is 14.8 Å². The number of pyridine rings is 1. The molecular weight excluding hydrogens is 226 g/mol. The van der Waals surface area contributed by atoms with Gasteiger partial charge in [0.05, 0.1) is 6.61 Å². The maximum absolute atomic E-state index is 8.92. The lowest BCUT2D eigenvalue weighted by Gasteiger charge is -2.34. The molecule has 1 aromatic rings. The van der Waals surface area contributed by atoms with E-state index in [0.29, 0.717) is 0 Å². The van der Waals surface area contributed by atoms with Crippen LogP contribution in [0, 0.1) is 13.8 Å². The molecule has 1 aliphatic heterocycles. The van der Waals surface area contributed by atoms with E-state index in [4.69, 9.17) is 5.11 Å². The van der Waals surface area contributed by atoms with Gasteiger partial charge < -0.3 is 5.11 Å². The maximum Gasteiger partial charge on any atom is 0.0558 e. The van der Waals surface area contributed by atoms with Crippen LogP contribution in [0.1, 0.15) is 17.0 Å². The van der Waals surface area contributed by atoms with Gasteiger partial charge in [0.1, 0.15) is 0 Å². The first kappa shape index (κ1) is 13.5. The normalized spacial score (nSPS) is 18.2. The number of hydrogen-bond acceptors (Lipinski definition) is 4. The molecule has 0 aliphatic carbocycles. The molecular formula is C14H23N3O. The fraction of sp³-hybridized carbons (Fsp3) is 0.643. The van der Waals surface area contributed by atoms with Gasteiger partial charge in [0, 0.05) is 50.7 Å². The van der Waals surface area contributed by atoms with Crippen LogP contribution in [0.25, 0.3) is 0 Å². The first-order valence-electron chi connectivity index (χ1n) is 6.68. The Kier molecular flexibility index (Phi) is 4.69. The SMILES string of the molecule is Cc1ccc(CN2CCN(CCO)CC2)c(C)n1. The number of piperazine rings is 1. The Bertz CT molecular complexity index is 387. The van der Waals surface area contributed by atoms with Crippen LogP contribution in [0.5, 0.6) is 0 Å². The number of rotatable bonds is 4. The van der Waals surface area contributed by atoms with Crippen LogP contribution in [-0.4, -0.2) is 59.2 Å². The van der Waals surface area contributed by atoms with Gasteiger partial charge in [0.15, 0.2) is 0 Å². The molecule has 0 saturated carbocycles. The van der Waals surface area contributed by atoms with Crippen LogP contribution in [0.4, 0.5) is 0 Å². The molecule has 0 aromatic carbocycles. The first-order chi connectivity index (χ1) is 8.69. The second-order valence-electron chi connectivity index (χ2n) is 5.04. The van der Waals surface area contributed by atoms with E-state index in [9.17, 15) is 0 Å². The lowest BCUT2D eigenvalue weighted by molar-refractivity contribution is 0.108. The van der Waals surface area contributed by atoms with Crippen molar-refractivity contribution in [1.29, 1.82) is 0 Å². The third-order valence-corrected chi connectivity index (χ3v) is 3.61. The number of aliphatic hydroxyl groups excluding tert-OH is 1. The van der Waals surface area contributed by atoms with E-state index in [-0.39, 0.29) is 6.61 Å². The van der Waals surface area contributed by atoms with E-state index in [1.165, 1.54) is 5.56 Å². The summed E-state index contributed by atoms with van der Waals surface area (Å²) in [6.45, 7) is 10.4. The predicted molar refractivity (Wildman–Crippen MR) is 72.5 cm³/mol. The maximum atomic E-state index is 8.92. The summed E-state index contributed by atoms with van der Waals surface area (Å²) in [4.78, 5) is 9.30. The van der Waals surface area contributed by atoms with Gasteiger partial charge in [-0.05, 0) is 25.5 Å². The number of β-amino-alcohol motifs (C(OH)–C–C–N with tert-alkyl or cyclic N) is 1. The molecule has 18 heavy (non-hydrogen) atoms. The monoisotopic (exact) mass is 249 g/mol. The van der Waals surface area contributed by atoms with E-state index in [0.717, 1.165) is 50.7 Å². The molecule has 0 amide bonds. The van der Waals surface area contributed by atoms with Gasteiger partial charge in [0.2, 0.25) is 0 Å². The van der Waals surface area contributed by atoms with Crippen molar-refractivity contribution >= 4 is 0 Å². The zero-order valence-corrected chi connectivity index (χ0v) is 11.4. The molecule has 1 N–H and O–H groups in total. The number of hydrogen-bond donors (Lipinski definition) is 1. The van der Waals surface area contributed by atoms with E-state index >= 15 is 0 Å². The van der Waals surface area contributed by atoms with Gasteiger partial charge in [-0.25, -0.2) is 0 Å². The highest BCUT2D eigenvalue weighted by Gasteiger charge is 2.16. The molecule has 0 bridgehead atoms. The van der Waals surface area contributed by atoms with Crippen molar-refractivity contribution in [2.45, 2.75) is 20.4 Å². The number of aryl methyl sites for hydroxylation is 2. The molecule has 4 nitrogen and oxygen atoms in total. The van der Waals surface area contributed by atoms with Crippen LogP contribution < -0.4 is 0 Å². The smallest absolute Gasteiger partial charge is 0.0558 e. The Morgan fingerprint density at radius 3 is 2.39 bits per heavy atom. The van der Waals surface area contributed by atoms with Crippen LogP contribution in [0.3, 0.4) is 0 Å². The van der Waals surface area contributed by atoms with Gasteiger partial charge in [-0.1, -0.05) is 6.07 Å². The lowest BCUT2D eigenvalue weighted by Crippen LogP contribution is -2.46. The number of aliphatic hydroxyl groups is 1. The highest BCUT2D eigenvalue weighted by molar-refractivity contribution is 5.21. The van der Waals surface area contributed by atoms with Gasteiger partial charge >= 0.3 is 0 Å². The average Bonchev–Trinajstić information content (AvgIpc) is 2.35. The van der Waals surface area contributed by atoms with E-state index in [1.54, 1.807) is 0 Å². The molecule has 1 aromatic heterocycles. The molecule has 0 spiro atoms. The Labute approximate surface area is 109 Å². The molecule has 2 rings (SSSR count). The van der Waals surface area contributed by atoms with E-state index < -0.39 is 0 Å². The topological polar surface area (TPSA) is 39.6 Å². The molecule has 1 aliphatic rings. The van der Waals surface area contributed by atoms with Gasteiger partial charge in [-0.15, -0.1) is 0 Å². The minimum Gasteiger partial charge on any atom is -0.395 e. The fourth-order valence-corrected chi connectivity index (χ4v) is 2.44. The fourth-order valence-electron chi connectivity index (χ4n) is 2.44. The van der Waals surface area contributed by atoms with Crippen molar-refractivity contribution in [3.8, 4) is 0 Å². The quantitative estimate of drug-likeness (QED) is 0.857. The van der Waals surface area contributed by atoms with E-state index in [1.807, 2.05) is 6.92 Å². The van der Waals surface area contributed by atoms with Crippen LogP contribution in [0.2, 0.25) is 0 Å². The van der Waals surface area contributed by atoms with Gasteiger partial charge in [0.25, 0.3) is 0 Å². The van der Waals surface area contributed by atoms with Crippen molar-refractivity contribution < 1.29 is 5.11 Å². The first-order valence-corrected chi connectivity index (χ1v) is 6.68. The number of nitrogens with zero attached hydrogens (tertiary/aromatic N) is 3. The second-order valence-corrected chi connectivity index (χ2v) is 5.04. The summed E-state index contributed by atoms with van der Waals surface area (Å²) in [7, 11) is 0. The Morgan fingerprint density at radius 2 is 1.78 bits per heavy atom. The minimum atomic E-state index is 0.265. The zero-order chi connectivity index (χ0) is 13.0. The highest BCUT2D eigenvalue weighted by atomic mass is 16.3. The Hall–Kier alpha value is -0.970. The van der Waals surface area contributed by atoms with Crippen LogP contribution in [0.15, 0.2) is 12.1 Å². The Morgan fingerprint density at radius 1 is 1.11 bits per heavy atom. The second kappa shape index (κ2) is 6.27. The molecule has 0 unspecified atom stereocenters. The summed E-state index contributed by atoms with van der Waals surface area (Å²) in [5, 5.41) is 8.92. The van der Waals surface area contributed by atoms with Crippen LogP contribution >= 0.6 is 0 Å². The van der Waals surface area contributed by atoms with Crippen LogP contribution in [-0.2, 0) is 6.54 Å².